The lowest BCUT2D eigenvalue weighted by molar-refractivity contribution is -0.0231. The Morgan fingerprint density at radius 1 is 0.319 bits per heavy atom. The summed E-state index contributed by atoms with van der Waals surface area (Å²) in [4.78, 5) is 36.0. The number of piperazine rings is 8. The number of nitrogens with zero attached hydrogens (tertiary/aromatic N) is 14. The van der Waals surface area contributed by atoms with Crippen molar-refractivity contribution in [2.75, 3.05) is 186 Å². The third kappa shape index (κ3) is 23.8. The predicted molar refractivity (Wildman–Crippen MR) is 392 cm³/mol. The van der Waals surface area contributed by atoms with E-state index in [9.17, 15) is 0 Å². The summed E-state index contributed by atoms with van der Waals surface area (Å²) in [7, 11) is 11.2. The molecule has 0 aromatic rings. The van der Waals surface area contributed by atoms with Crippen molar-refractivity contribution in [2.24, 2.45) is 0 Å². The molecule has 15 aliphatic rings. The molecule has 13 saturated heterocycles. The number of piperidine rings is 3. The van der Waals surface area contributed by atoms with Crippen LogP contribution in [0.2, 0.25) is 0 Å². The lowest BCUT2D eigenvalue weighted by atomic mass is 9.86. The van der Waals surface area contributed by atoms with Crippen LogP contribution in [0.3, 0.4) is 0 Å². The van der Waals surface area contributed by atoms with Crippen molar-refractivity contribution in [3.63, 3.8) is 0 Å². The van der Waals surface area contributed by atoms with Gasteiger partial charge >= 0.3 is 0 Å². The van der Waals surface area contributed by atoms with Crippen LogP contribution in [0.5, 0.6) is 0 Å². The first-order valence-corrected chi connectivity index (χ1v) is 38.9. The van der Waals surface area contributed by atoms with Crippen molar-refractivity contribution in [1.82, 2.24) is 79.2 Å². The molecule has 91 heavy (non-hydrogen) atoms. The molecule has 0 amide bonds. The molecule has 0 aromatic carbocycles. The molecule has 0 radical (unpaired) electrons. The largest absolute Gasteiger partial charge is 0.309 e. The quantitative estimate of drug-likeness (QED) is 0.247. The van der Waals surface area contributed by atoms with E-state index in [0.29, 0.717) is 5.54 Å². The van der Waals surface area contributed by atoms with Gasteiger partial charge in [-0.3, -0.25) is 39.2 Å². The molecule has 16 nitrogen and oxygen atoms in total. The molecular weight excluding hydrogens is 1120 g/mol. The Bertz CT molecular complexity index is 1900. The van der Waals surface area contributed by atoms with Crippen LogP contribution in [0.25, 0.3) is 0 Å². The highest BCUT2D eigenvalue weighted by molar-refractivity contribution is 5.07. The Balaban J connectivity index is 0.000000148. The summed E-state index contributed by atoms with van der Waals surface area (Å²) in [6, 6.07) is 13.5. The van der Waals surface area contributed by atoms with E-state index >= 15 is 0 Å². The Morgan fingerprint density at radius 3 is 1.25 bits per heavy atom. The number of likely N-dealkylation sites (tertiary alicyclic amines) is 3. The van der Waals surface area contributed by atoms with Gasteiger partial charge in [0.15, 0.2) is 0 Å². The molecule has 8 bridgehead atoms. The van der Waals surface area contributed by atoms with Gasteiger partial charge in [-0.05, 0) is 223 Å². The third-order valence-corrected chi connectivity index (χ3v) is 24.6. The Labute approximate surface area is 564 Å². The van der Waals surface area contributed by atoms with Crippen LogP contribution in [0.15, 0.2) is 0 Å². The molecule has 15 fully saturated rings. The van der Waals surface area contributed by atoms with E-state index in [4.69, 9.17) is 0 Å². The van der Waals surface area contributed by atoms with Gasteiger partial charge in [0.05, 0.1) is 0 Å². The molecule has 10 unspecified atom stereocenters. The van der Waals surface area contributed by atoms with Gasteiger partial charge in [-0.25, -0.2) is 0 Å². The molecule has 2 aliphatic carbocycles. The lowest BCUT2D eigenvalue weighted by Gasteiger charge is -2.52. The van der Waals surface area contributed by atoms with Crippen LogP contribution in [-0.2, 0) is 0 Å². The minimum atomic E-state index is 0.558. The highest BCUT2D eigenvalue weighted by Crippen LogP contribution is 2.38. The zero-order valence-corrected chi connectivity index (χ0v) is 64.0. The van der Waals surface area contributed by atoms with Crippen molar-refractivity contribution >= 4 is 0 Å². The number of rotatable bonds is 8. The van der Waals surface area contributed by atoms with Crippen LogP contribution < -0.4 is 10.6 Å². The first kappa shape index (κ1) is 77.7. The van der Waals surface area contributed by atoms with Gasteiger partial charge in [0, 0.05) is 252 Å². The third-order valence-electron chi connectivity index (χ3n) is 24.6. The minimum absolute atomic E-state index is 0.558. The maximum Gasteiger partial charge on any atom is 0.0310 e. The maximum atomic E-state index is 3.63. The summed E-state index contributed by atoms with van der Waals surface area (Å²) >= 11 is 0. The Hall–Kier alpha value is -0.640. The highest BCUT2D eigenvalue weighted by atomic mass is 15.4. The number of nitrogens with one attached hydrogen (secondary N) is 2. The van der Waals surface area contributed by atoms with Gasteiger partial charge in [-0.15, -0.1) is 0 Å². The molecule has 13 aliphatic heterocycles. The summed E-state index contributed by atoms with van der Waals surface area (Å²) in [5.41, 5.74) is 0.558. The zero-order chi connectivity index (χ0) is 66.3. The molecule has 534 valence electrons. The van der Waals surface area contributed by atoms with Gasteiger partial charge in [-0.2, -0.15) is 0 Å². The van der Waals surface area contributed by atoms with E-state index in [1.165, 1.54) is 234 Å². The second kappa shape index (κ2) is 37.5. The molecule has 2 saturated carbocycles. The molecule has 1 spiro atoms. The fraction of sp³-hybridized carbons (Fsp3) is 1.00. The smallest absolute Gasteiger partial charge is 0.0310 e. The molecule has 10 atom stereocenters. The Kier molecular flexibility index (Phi) is 32.0. The van der Waals surface area contributed by atoms with Crippen LogP contribution in [0.1, 0.15) is 194 Å². The van der Waals surface area contributed by atoms with E-state index in [-0.39, 0.29) is 0 Å². The molecule has 0 aromatic heterocycles. The fourth-order valence-corrected chi connectivity index (χ4v) is 17.9. The van der Waals surface area contributed by atoms with Crippen molar-refractivity contribution in [3.05, 3.63) is 0 Å². The Morgan fingerprint density at radius 2 is 0.791 bits per heavy atom. The molecule has 16 heteroatoms. The first-order chi connectivity index (χ1) is 43.2. The molecule has 2 N–H and O–H groups in total. The minimum Gasteiger partial charge on any atom is -0.309 e. The lowest BCUT2D eigenvalue weighted by Crippen LogP contribution is -2.62. The normalized spacial score (nSPS) is 33.7. The van der Waals surface area contributed by atoms with Gasteiger partial charge in [0.1, 0.15) is 0 Å². The summed E-state index contributed by atoms with van der Waals surface area (Å²) < 4.78 is 0. The second-order valence-corrected chi connectivity index (χ2v) is 33.9. The van der Waals surface area contributed by atoms with Crippen molar-refractivity contribution in [2.45, 2.75) is 303 Å². The van der Waals surface area contributed by atoms with Gasteiger partial charge in [-0.1, -0.05) is 12.8 Å². The standard InChI is InChI=1S/C12H24N2.2C10H20N2.3C9H18N2.2C8H18N2/c1-10(2)14-9-8-13(3)11-6-4-5-7-12(11)14;1-8(2)12-7-9-4-5-10(12)6-11(9)3;1-9(2)12-7-6-11-5-3-4-10(12)8-11;1-7(2)11-6-8-4-9(11)5-10(8)3;1-7(2)11-5-8-3-4-9(6-11)10-8;1-8(2)11-6-5-10-9(7-11)3-4-9;2*1-8(2)10-6-4-9(3)5-7-10/h10-12H,4-9H2,1-3H3;8-10H,4-7H2,1-3H3;9-10H,3-8H2,1-2H3;7-9H,4-6H2,1-3H3;7-10H,3-6H2,1-2H3;8,10H,3-7H2,1-2H3;2*8H,4-7H2,1-3H3. The first-order valence-electron chi connectivity index (χ1n) is 38.9. The van der Waals surface area contributed by atoms with Gasteiger partial charge in [0.2, 0.25) is 0 Å². The van der Waals surface area contributed by atoms with E-state index in [0.717, 1.165) is 103 Å². The molecular formula is C75H154N16. The molecule has 13 heterocycles. The highest BCUT2D eigenvalue weighted by Gasteiger charge is 2.46. The van der Waals surface area contributed by atoms with E-state index in [1.807, 2.05) is 0 Å². The monoisotopic (exact) mass is 1280 g/mol. The summed E-state index contributed by atoms with van der Waals surface area (Å²) in [5.74, 6) is 0. The predicted octanol–water partition coefficient (Wildman–Crippen LogP) is 8.03. The number of likely N-dealkylation sites (N-methyl/N-ethyl adjacent to an activating group) is 5. The average molecular weight is 1280 g/mol. The topological polar surface area (TPSA) is 69.4 Å². The van der Waals surface area contributed by atoms with Crippen LogP contribution in [-0.4, -0.2) is 363 Å². The zero-order valence-electron chi connectivity index (χ0n) is 64.0. The van der Waals surface area contributed by atoms with Crippen molar-refractivity contribution < 1.29 is 0 Å². The summed E-state index contributed by atoms with van der Waals surface area (Å²) in [6.45, 7) is 66.0. The van der Waals surface area contributed by atoms with E-state index in [1.54, 1.807) is 0 Å². The van der Waals surface area contributed by atoms with Crippen LogP contribution in [0.4, 0.5) is 0 Å². The number of hydrogen-bond donors (Lipinski definition) is 2. The summed E-state index contributed by atoms with van der Waals surface area (Å²) in [6.07, 6.45) is 18.4. The van der Waals surface area contributed by atoms with E-state index < -0.39 is 0 Å². The van der Waals surface area contributed by atoms with Gasteiger partial charge in [0.25, 0.3) is 0 Å². The number of hydrogen-bond acceptors (Lipinski definition) is 16. The van der Waals surface area contributed by atoms with E-state index in [2.05, 4.69) is 225 Å². The summed E-state index contributed by atoms with van der Waals surface area (Å²) in [5, 5.41) is 7.25. The van der Waals surface area contributed by atoms with Crippen LogP contribution in [0, 0.1) is 0 Å². The average Bonchev–Trinajstić information content (AvgIpc) is 1.82. The second-order valence-electron chi connectivity index (χ2n) is 33.9. The van der Waals surface area contributed by atoms with Crippen molar-refractivity contribution in [1.29, 1.82) is 0 Å². The number of fused-ring (bicyclic) bond motifs is 10. The molecule has 15 rings (SSSR count). The van der Waals surface area contributed by atoms with Crippen molar-refractivity contribution in [3.8, 4) is 0 Å². The SMILES string of the molecule is CC(C)N1CC2CC1CN2C.CC(C)N1CC2CCC(C1)N2.CC(C)N1CC2CCC1CN2C.CC(C)N1CCN(C)C2CCCCC21.CC(C)N1CCN(C)CC1.CC(C)N1CCN(C)CC1.CC(C)N1CCN2CCCC1C2.CC(C)N1CCNC2(CC2)C1. The maximum absolute atomic E-state index is 3.63. The van der Waals surface area contributed by atoms with Gasteiger partial charge < -0.3 is 40.0 Å². The fourth-order valence-electron chi connectivity index (χ4n) is 17.9. The van der Waals surface area contributed by atoms with Crippen LogP contribution >= 0.6 is 0 Å².